The molecule has 6 nitrogen and oxygen atoms in total. The monoisotopic (exact) mass is 438 g/mol. The molecule has 3 aromatic rings. The zero-order valence-electron chi connectivity index (χ0n) is 17.8. The van der Waals surface area contributed by atoms with Crippen molar-refractivity contribution in [2.24, 2.45) is 0 Å². The molecule has 0 saturated carbocycles. The molecule has 0 atom stereocenters. The van der Waals surface area contributed by atoms with Crippen LogP contribution in [-0.2, 0) is 21.4 Å². The standard InChI is InChI=1S/C24H26N2O4S/c1-18-13-19(2)15-21(14-18)25-24(27)17-30-23-11-9-22(10-12-23)26(31(3,28)29)16-20-7-5-4-6-8-20/h4-15H,16-17H2,1-3H3,(H,25,27). The van der Waals surface area contributed by atoms with Crippen molar-refractivity contribution < 1.29 is 17.9 Å². The minimum absolute atomic E-state index is 0.147. The normalized spacial score (nSPS) is 11.1. The van der Waals surface area contributed by atoms with Gasteiger partial charge in [0, 0.05) is 5.69 Å². The molecule has 0 aliphatic heterocycles. The third-order valence-corrected chi connectivity index (χ3v) is 5.71. The predicted octanol–water partition coefficient (Wildman–Crippen LogP) is 4.29. The Kier molecular flexibility index (Phi) is 6.97. The summed E-state index contributed by atoms with van der Waals surface area (Å²) in [5.41, 5.74) is 4.27. The molecule has 0 spiro atoms. The number of hydrogen-bond donors (Lipinski definition) is 1. The molecule has 0 heterocycles. The first-order valence-electron chi connectivity index (χ1n) is 9.83. The largest absolute Gasteiger partial charge is 0.484 e. The molecule has 0 unspecified atom stereocenters. The first-order valence-corrected chi connectivity index (χ1v) is 11.7. The number of rotatable bonds is 8. The maximum Gasteiger partial charge on any atom is 0.262 e. The first-order chi connectivity index (χ1) is 14.7. The fraction of sp³-hybridized carbons (Fsp3) is 0.208. The third kappa shape index (κ3) is 6.58. The van der Waals surface area contributed by atoms with E-state index in [0.29, 0.717) is 11.4 Å². The molecule has 3 aromatic carbocycles. The summed E-state index contributed by atoms with van der Waals surface area (Å²) >= 11 is 0. The van der Waals surface area contributed by atoms with E-state index in [2.05, 4.69) is 5.32 Å². The quantitative estimate of drug-likeness (QED) is 0.569. The van der Waals surface area contributed by atoms with Crippen LogP contribution in [0.15, 0.2) is 72.8 Å². The molecule has 0 aliphatic rings. The number of carbonyl (C=O) groups excluding carboxylic acids is 1. The van der Waals surface area contributed by atoms with Crippen LogP contribution in [0.25, 0.3) is 0 Å². The second kappa shape index (κ2) is 9.66. The molecular weight excluding hydrogens is 412 g/mol. The van der Waals surface area contributed by atoms with E-state index in [0.717, 1.165) is 22.4 Å². The molecule has 162 valence electrons. The van der Waals surface area contributed by atoms with Gasteiger partial charge in [-0.05, 0) is 66.9 Å². The number of anilines is 2. The van der Waals surface area contributed by atoms with Crippen LogP contribution >= 0.6 is 0 Å². The lowest BCUT2D eigenvalue weighted by molar-refractivity contribution is -0.118. The highest BCUT2D eigenvalue weighted by atomic mass is 32.2. The van der Waals surface area contributed by atoms with Crippen molar-refractivity contribution in [1.82, 2.24) is 0 Å². The van der Waals surface area contributed by atoms with Gasteiger partial charge in [-0.3, -0.25) is 9.10 Å². The zero-order valence-corrected chi connectivity index (χ0v) is 18.6. The van der Waals surface area contributed by atoms with Gasteiger partial charge in [0.15, 0.2) is 6.61 Å². The fourth-order valence-electron chi connectivity index (χ4n) is 3.25. The minimum Gasteiger partial charge on any atom is -0.484 e. The van der Waals surface area contributed by atoms with Gasteiger partial charge in [-0.25, -0.2) is 8.42 Å². The Balaban J connectivity index is 1.63. The summed E-state index contributed by atoms with van der Waals surface area (Å²) in [6, 6.07) is 21.9. The Morgan fingerprint density at radius 1 is 0.935 bits per heavy atom. The van der Waals surface area contributed by atoms with Gasteiger partial charge in [-0.15, -0.1) is 0 Å². The highest BCUT2D eigenvalue weighted by Crippen LogP contribution is 2.24. The number of nitrogens with zero attached hydrogens (tertiary/aromatic N) is 1. The summed E-state index contributed by atoms with van der Waals surface area (Å²) in [5.74, 6) is 0.211. The van der Waals surface area contributed by atoms with Crippen LogP contribution in [0.3, 0.4) is 0 Å². The Morgan fingerprint density at radius 2 is 1.55 bits per heavy atom. The van der Waals surface area contributed by atoms with Gasteiger partial charge in [0.2, 0.25) is 10.0 Å². The molecule has 0 saturated heterocycles. The summed E-state index contributed by atoms with van der Waals surface area (Å²) < 4.78 is 31.5. The van der Waals surface area contributed by atoms with Gasteiger partial charge in [0.25, 0.3) is 5.91 Å². The van der Waals surface area contributed by atoms with E-state index >= 15 is 0 Å². The molecule has 1 N–H and O–H groups in total. The second-order valence-electron chi connectivity index (χ2n) is 7.46. The van der Waals surface area contributed by atoms with Gasteiger partial charge in [-0.1, -0.05) is 36.4 Å². The van der Waals surface area contributed by atoms with Crippen LogP contribution < -0.4 is 14.4 Å². The molecule has 3 rings (SSSR count). The Labute approximate surface area is 183 Å². The van der Waals surface area contributed by atoms with Crippen molar-refractivity contribution in [3.8, 4) is 5.75 Å². The molecule has 0 bridgehead atoms. The van der Waals surface area contributed by atoms with Gasteiger partial charge in [0.05, 0.1) is 18.5 Å². The van der Waals surface area contributed by atoms with E-state index < -0.39 is 10.0 Å². The van der Waals surface area contributed by atoms with E-state index in [1.807, 2.05) is 62.4 Å². The first kappa shape index (κ1) is 22.4. The van der Waals surface area contributed by atoms with E-state index in [9.17, 15) is 13.2 Å². The highest BCUT2D eigenvalue weighted by molar-refractivity contribution is 7.92. The molecule has 7 heteroatoms. The maximum absolute atomic E-state index is 12.3. The number of carbonyl (C=O) groups is 1. The van der Waals surface area contributed by atoms with Crippen molar-refractivity contribution in [3.05, 3.63) is 89.5 Å². The molecule has 0 aliphatic carbocycles. The van der Waals surface area contributed by atoms with Crippen LogP contribution in [0.4, 0.5) is 11.4 Å². The van der Waals surface area contributed by atoms with Gasteiger partial charge in [-0.2, -0.15) is 0 Å². The minimum atomic E-state index is -3.47. The van der Waals surface area contributed by atoms with Gasteiger partial charge < -0.3 is 10.1 Å². The Morgan fingerprint density at radius 3 is 2.13 bits per heavy atom. The summed E-state index contributed by atoms with van der Waals surface area (Å²) in [6.45, 7) is 4.03. The molecule has 0 aromatic heterocycles. The van der Waals surface area contributed by atoms with E-state index in [4.69, 9.17) is 4.74 Å². The zero-order chi connectivity index (χ0) is 22.4. The fourth-order valence-corrected chi connectivity index (χ4v) is 4.14. The van der Waals surface area contributed by atoms with Gasteiger partial charge >= 0.3 is 0 Å². The molecular formula is C24H26N2O4S. The molecule has 0 fully saturated rings. The lowest BCUT2D eigenvalue weighted by Gasteiger charge is -2.22. The summed E-state index contributed by atoms with van der Waals surface area (Å²) in [6.07, 6.45) is 1.18. The van der Waals surface area contributed by atoms with E-state index in [1.54, 1.807) is 24.3 Å². The number of aryl methyl sites for hydroxylation is 2. The molecule has 1 amide bonds. The van der Waals surface area contributed by atoms with Gasteiger partial charge in [0.1, 0.15) is 5.75 Å². The van der Waals surface area contributed by atoms with Crippen LogP contribution in [0, 0.1) is 13.8 Å². The summed E-state index contributed by atoms with van der Waals surface area (Å²) in [4.78, 5) is 12.2. The second-order valence-corrected chi connectivity index (χ2v) is 9.37. The highest BCUT2D eigenvalue weighted by Gasteiger charge is 2.18. The average molecular weight is 439 g/mol. The summed E-state index contributed by atoms with van der Waals surface area (Å²) in [7, 11) is -3.47. The lowest BCUT2D eigenvalue weighted by atomic mass is 10.1. The number of ether oxygens (including phenoxy) is 1. The Bertz CT molecular complexity index is 1120. The number of sulfonamides is 1. The number of nitrogens with one attached hydrogen (secondary N) is 1. The average Bonchev–Trinajstić information content (AvgIpc) is 2.70. The topological polar surface area (TPSA) is 75.7 Å². The number of benzene rings is 3. The van der Waals surface area contributed by atoms with Crippen molar-refractivity contribution in [1.29, 1.82) is 0 Å². The van der Waals surface area contributed by atoms with Crippen LogP contribution in [0.5, 0.6) is 5.75 Å². The maximum atomic E-state index is 12.3. The number of amides is 1. The molecule has 0 radical (unpaired) electrons. The van der Waals surface area contributed by atoms with Crippen molar-refractivity contribution in [2.75, 3.05) is 22.5 Å². The van der Waals surface area contributed by atoms with Crippen molar-refractivity contribution in [3.63, 3.8) is 0 Å². The summed E-state index contributed by atoms with van der Waals surface area (Å²) in [5, 5.41) is 2.82. The predicted molar refractivity (Wildman–Crippen MR) is 124 cm³/mol. The molecule has 31 heavy (non-hydrogen) atoms. The smallest absolute Gasteiger partial charge is 0.262 e. The van der Waals surface area contributed by atoms with E-state index in [1.165, 1.54) is 10.6 Å². The third-order valence-electron chi connectivity index (χ3n) is 4.57. The number of hydrogen-bond acceptors (Lipinski definition) is 4. The van der Waals surface area contributed by atoms with Crippen LogP contribution in [0.2, 0.25) is 0 Å². The van der Waals surface area contributed by atoms with Crippen LogP contribution in [-0.4, -0.2) is 27.2 Å². The lowest BCUT2D eigenvalue weighted by Crippen LogP contribution is -2.29. The van der Waals surface area contributed by atoms with Crippen molar-refractivity contribution in [2.45, 2.75) is 20.4 Å². The van der Waals surface area contributed by atoms with Crippen LogP contribution in [0.1, 0.15) is 16.7 Å². The van der Waals surface area contributed by atoms with E-state index in [-0.39, 0.29) is 19.1 Å². The SMILES string of the molecule is Cc1cc(C)cc(NC(=O)COc2ccc(N(Cc3ccccc3)S(C)(=O)=O)cc2)c1. The van der Waals surface area contributed by atoms with Crippen molar-refractivity contribution >= 4 is 27.3 Å². The Hall–Kier alpha value is -3.32.